The summed E-state index contributed by atoms with van der Waals surface area (Å²) in [5.74, 6) is 2.72. The Balaban J connectivity index is 3.04. The lowest BCUT2D eigenvalue weighted by Crippen LogP contribution is -2.29. The van der Waals surface area contributed by atoms with Crippen molar-refractivity contribution in [1.29, 1.82) is 0 Å². The van der Waals surface area contributed by atoms with Crippen molar-refractivity contribution in [2.24, 2.45) is 0 Å². The van der Waals surface area contributed by atoms with Crippen molar-refractivity contribution in [3.8, 4) is 0 Å². The molecule has 1 rings (SSSR count). The molecule has 0 saturated carbocycles. The Bertz CT molecular complexity index is 381. The summed E-state index contributed by atoms with van der Waals surface area (Å²) in [4.78, 5) is 11.2. The van der Waals surface area contributed by atoms with Gasteiger partial charge in [-0.25, -0.2) is 9.97 Å². The minimum atomic E-state index is 0.701. The van der Waals surface area contributed by atoms with Crippen molar-refractivity contribution >= 4 is 11.6 Å². The fourth-order valence-electron chi connectivity index (χ4n) is 1.88. The van der Waals surface area contributed by atoms with Gasteiger partial charge in [0.25, 0.3) is 0 Å². The fourth-order valence-corrected chi connectivity index (χ4v) is 1.88. The number of aryl methyl sites for hydroxylation is 1. The largest absolute Gasteiger partial charge is 0.383 e. The van der Waals surface area contributed by atoms with Crippen molar-refractivity contribution in [3.63, 3.8) is 0 Å². The molecule has 102 valence electrons. The topological polar surface area (TPSA) is 50.3 Å². The summed E-state index contributed by atoms with van der Waals surface area (Å²) in [6, 6.07) is 0. The minimum Gasteiger partial charge on any atom is -0.383 e. The average Bonchev–Trinajstić information content (AvgIpc) is 2.35. The van der Waals surface area contributed by atoms with Gasteiger partial charge >= 0.3 is 0 Å². The first-order chi connectivity index (χ1) is 8.63. The van der Waals surface area contributed by atoms with Gasteiger partial charge in [-0.05, 0) is 27.7 Å². The first-order valence-corrected chi connectivity index (χ1v) is 6.47. The van der Waals surface area contributed by atoms with E-state index in [2.05, 4.69) is 41.0 Å². The molecule has 0 atom stereocenters. The van der Waals surface area contributed by atoms with Gasteiger partial charge in [-0.2, -0.15) is 0 Å². The van der Waals surface area contributed by atoms with E-state index < -0.39 is 0 Å². The van der Waals surface area contributed by atoms with E-state index in [0.717, 1.165) is 42.7 Å². The van der Waals surface area contributed by atoms with E-state index in [4.69, 9.17) is 4.74 Å². The number of hydrogen-bond donors (Lipinski definition) is 1. The highest BCUT2D eigenvalue weighted by Gasteiger charge is 2.13. The molecular weight excluding hydrogens is 228 g/mol. The Hall–Kier alpha value is -1.36. The number of methoxy groups -OCH3 is 1. The van der Waals surface area contributed by atoms with Gasteiger partial charge in [-0.1, -0.05) is 0 Å². The predicted octanol–water partition coefficient (Wildman–Crippen LogP) is 2.00. The molecule has 1 aromatic heterocycles. The molecule has 5 nitrogen and oxygen atoms in total. The van der Waals surface area contributed by atoms with Crippen molar-refractivity contribution < 1.29 is 4.74 Å². The highest BCUT2D eigenvalue weighted by Crippen LogP contribution is 2.23. The molecule has 0 fully saturated rings. The van der Waals surface area contributed by atoms with E-state index in [-0.39, 0.29) is 0 Å². The summed E-state index contributed by atoms with van der Waals surface area (Å²) in [6.45, 7) is 11.5. The molecule has 0 amide bonds. The number of likely N-dealkylation sites (N-methyl/N-ethyl adjacent to an activating group) is 1. The van der Waals surface area contributed by atoms with Crippen molar-refractivity contribution in [1.82, 2.24) is 9.97 Å². The van der Waals surface area contributed by atoms with E-state index >= 15 is 0 Å². The zero-order chi connectivity index (χ0) is 13.5. The summed E-state index contributed by atoms with van der Waals surface area (Å²) in [6.07, 6.45) is 0. The Morgan fingerprint density at radius 2 is 1.94 bits per heavy atom. The van der Waals surface area contributed by atoms with Gasteiger partial charge in [-0.3, -0.25) is 0 Å². The molecule has 0 aliphatic rings. The average molecular weight is 252 g/mol. The molecule has 0 spiro atoms. The summed E-state index contributed by atoms with van der Waals surface area (Å²) in [5, 5.41) is 3.28. The quantitative estimate of drug-likeness (QED) is 0.804. The fraction of sp³-hybridized carbons (Fsp3) is 0.692. The standard InChI is InChI=1S/C13H24N4O/c1-6-14-12-10(3)13(16-11(4)15-12)17(7-2)8-9-18-5/h6-9H2,1-5H3,(H,14,15,16). The lowest BCUT2D eigenvalue weighted by Gasteiger charge is -2.24. The maximum Gasteiger partial charge on any atom is 0.137 e. The smallest absolute Gasteiger partial charge is 0.137 e. The van der Waals surface area contributed by atoms with Crippen LogP contribution in [-0.2, 0) is 4.74 Å². The van der Waals surface area contributed by atoms with Crippen molar-refractivity contribution in [3.05, 3.63) is 11.4 Å². The Morgan fingerprint density at radius 1 is 1.22 bits per heavy atom. The van der Waals surface area contributed by atoms with Crippen LogP contribution in [0.4, 0.5) is 11.6 Å². The summed E-state index contributed by atoms with van der Waals surface area (Å²) >= 11 is 0. The number of ether oxygens (including phenoxy) is 1. The first-order valence-electron chi connectivity index (χ1n) is 6.47. The van der Waals surface area contributed by atoms with Crippen LogP contribution in [0.2, 0.25) is 0 Å². The molecule has 1 heterocycles. The molecule has 18 heavy (non-hydrogen) atoms. The molecule has 0 aliphatic carbocycles. The number of anilines is 2. The maximum absolute atomic E-state index is 5.14. The zero-order valence-corrected chi connectivity index (χ0v) is 12.1. The highest BCUT2D eigenvalue weighted by atomic mass is 16.5. The van der Waals surface area contributed by atoms with Crippen LogP contribution in [0, 0.1) is 13.8 Å². The van der Waals surface area contributed by atoms with Gasteiger partial charge in [0.15, 0.2) is 0 Å². The maximum atomic E-state index is 5.14. The van der Waals surface area contributed by atoms with E-state index in [9.17, 15) is 0 Å². The number of hydrogen-bond acceptors (Lipinski definition) is 5. The number of nitrogens with one attached hydrogen (secondary N) is 1. The molecule has 0 unspecified atom stereocenters. The van der Waals surface area contributed by atoms with Crippen molar-refractivity contribution in [2.45, 2.75) is 27.7 Å². The van der Waals surface area contributed by atoms with E-state index in [1.165, 1.54) is 0 Å². The van der Waals surface area contributed by atoms with Gasteiger partial charge in [0, 0.05) is 32.3 Å². The van der Waals surface area contributed by atoms with Crippen LogP contribution < -0.4 is 10.2 Å². The number of rotatable bonds is 7. The van der Waals surface area contributed by atoms with Gasteiger partial charge in [0.2, 0.25) is 0 Å². The van der Waals surface area contributed by atoms with Gasteiger partial charge in [0.1, 0.15) is 17.5 Å². The predicted molar refractivity (Wildman–Crippen MR) is 75.4 cm³/mol. The highest BCUT2D eigenvalue weighted by molar-refractivity contribution is 5.58. The van der Waals surface area contributed by atoms with Crippen LogP contribution in [0.15, 0.2) is 0 Å². The van der Waals surface area contributed by atoms with Crippen molar-refractivity contribution in [2.75, 3.05) is 43.6 Å². The van der Waals surface area contributed by atoms with Crippen LogP contribution in [0.5, 0.6) is 0 Å². The molecule has 0 radical (unpaired) electrons. The normalized spacial score (nSPS) is 10.5. The Kier molecular flexibility index (Phi) is 5.85. The molecule has 1 N–H and O–H groups in total. The SMILES string of the molecule is CCNc1nc(C)nc(N(CC)CCOC)c1C. The van der Waals surface area contributed by atoms with E-state index in [1.807, 2.05) is 6.92 Å². The second-order valence-electron chi connectivity index (χ2n) is 4.17. The van der Waals surface area contributed by atoms with Gasteiger partial charge in [-0.15, -0.1) is 0 Å². The van der Waals surface area contributed by atoms with Crippen LogP contribution in [0.1, 0.15) is 25.2 Å². The summed E-state index contributed by atoms with van der Waals surface area (Å²) < 4.78 is 5.14. The van der Waals surface area contributed by atoms with Crippen LogP contribution >= 0.6 is 0 Å². The van der Waals surface area contributed by atoms with Crippen LogP contribution in [0.25, 0.3) is 0 Å². The van der Waals surface area contributed by atoms with Crippen LogP contribution in [-0.4, -0.2) is 43.3 Å². The molecule has 5 heteroatoms. The lowest BCUT2D eigenvalue weighted by atomic mass is 10.2. The third-order valence-corrected chi connectivity index (χ3v) is 2.82. The van der Waals surface area contributed by atoms with Crippen LogP contribution in [0.3, 0.4) is 0 Å². The minimum absolute atomic E-state index is 0.701. The monoisotopic (exact) mass is 252 g/mol. The Morgan fingerprint density at radius 3 is 2.50 bits per heavy atom. The lowest BCUT2D eigenvalue weighted by molar-refractivity contribution is 0.205. The molecule has 0 bridgehead atoms. The molecule has 0 saturated heterocycles. The molecule has 1 aromatic rings. The number of aromatic nitrogens is 2. The molecular formula is C13H24N4O. The summed E-state index contributed by atoms with van der Waals surface area (Å²) in [5.41, 5.74) is 1.10. The third kappa shape index (κ3) is 3.57. The van der Waals surface area contributed by atoms with Gasteiger partial charge in [0.05, 0.1) is 6.61 Å². The molecule has 0 aromatic carbocycles. The third-order valence-electron chi connectivity index (χ3n) is 2.82. The molecule has 0 aliphatic heterocycles. The van der Waals surface area contributed by atoms with Gasteiger partial charge < -0.3 is 15.0 Å². The first kappa shape index (κ1) is 14.7. The Labute approximate surface area is 110 Å². The second kappa shape index (κ2) is 7.16. The zero-order valence-electron chi connectivity index (χ0n) is 12.1. The number of nitrogens with zero attached hydrogens (tertiary/aromatic N) is 3. The summed E-state index contributed by atoms with van der Waals surface area (Å²) in [7, 11) is 1.72. The second-order valence-corrected chi connectivity index (χ2v) is 4.17. The van der Waals surface area contributed by atoms with E-state index in [1.54, 1.807) is 7.11 Å². The van der Waals surface area contributed by atoms with E-state index in [0.29, 0.717) is 6.61 Å².